The van der Waals surface area contributed by atoms with Gasteiger partial charge in [-0.25, -0.2) is 9.59 Å². The molecule has 0 heterocycles. The van der Waals surface area contributed by atoms with Crippen LogP contribution in [0.25, 0.3) is 0 Å². The van der Waals surface area contributed by atoms with Crippen molar-refractivity contribution in [3.05, 3.63) is 84.0 Å². The van der Waals surface area contributed by atoms with Crippen molar-refractivity contribution in [3.63, 3.8) is 0 Å². The van der Waals surface area contributed by atoms with Gasteiger partial charge in [0, 0.05) is 35.7 Å². The smallest absolute Gasteiger partial charge is 0.402 e. The number of carbonyl (C=O) groups excluding carboxylic acids is 2. The number of carboxylic acid groups (broad SMARTS) is 2. The first-order chi connectivity index (χ1) is 15.8. The summed E-state index contributed by atoms with van der Waals surface area (Å²) in [7, 11) is 0. The number of hydrogen-bond donors (Lipinski definition) is 4. The van der Waals surface area contributed by atoms with Gasteiger partial charge in [0.25, 0.3) is 0 Å². The molecule has 0 aliphatic rings. The molecule has 2 rings (SSSR count). The van der Waals surface area contributed by atoms with Crippen molar-refractivity contribution in [2.45, 2.75) is 18.5 Å². The van der Waals surface area contributed by atoms with E-state index in [0.29, 0.717) is 12.2 Å². The van der Waals surface area contributed by atoms with Crippen molar-refractivity contribution < 1.29 is 42.6 Å². The lowest BCUT2D eigenvalue weighted by atomic mass is 9.75. The minimum absolute atomic E-state index is 0.125. The zero-order chi connectivity index (χ0) is 25.5. The number of carbonyl (C=O) groups is 4. The van der Waals surface area contributed by atoms with Crippen molar-refractivity contribution in [2.75, 3.05) is 10.6 Å². The highest BCUT2D eigenvalue weighted by Gasteiger charge is 2.53. The minimum atomic E-state index is -4.71. The number of anilines is 2. The number of nitrogens with one attached hydrogen (secondary N) is 2. The third kappa shape index (κ3) is 6.55. The summed E-state index contributed by atoms with van der Waals surface area (Å²) in [6.45, 7) is 0.985. The average Bonchev–Trinajstić information content (AvgIpc) is 2.76. The Morgan fingerprint density at radius 2 is 1.00 bits per heavy atom. The second kappa shape index (κ2) is 10.5. The lowest BCUT2D eigenvalue weighted by Gasteiger charge is -2.33. The maximum absolute atomic E-state index is 14.2. The lowest BCUT2D eigenvalue weighted by Crippen LogP contribution is -2.40. The van der Waals surface area contributed by atoms with Gasteiger partial charge in [0.1, 0.15) is 5.41 Å². The van der Waals surface area contributed by atoms with Crippen LogP contribution >= 0.6 is 0 Å². The molecule has 0 spiro atoms. The Kier molecular flexibility index (Phi) is 7.96. The van der Waals surface area contributed by atoms with E-state index in [2.05, 4.69) is 10.6 Å². The number of carboxylic acids is 2. The van der Waals surface area contributed by atoms with E-state index in [1.165, 1.54) is 48.5 Å². The maximum Gasteiger partial charge on any atom is 0.402 e. The summed E-state index contributed by atoms with van der Waals surface area (Å²) in [4.78, 5) is 44.2. The summed E-state index contributed by atoms with van der Waals surface area (Å²) < 4.78 is 42.5. The van der Waals surface area contributed by atoms with E-state index < -0.39 is 35.3 Å². The van der Waals surface area contributed by atoms with E-state index in [1.54, 1.807) is 0 Å². The summed E-state index contributed by atoms with van der Waals surface area (Å²) in [6.07, 6.45) is -1.92. The Labute approximate surface area is 191 Å². The number of alkyl halides is 3. The van der Waals surface area contributed by atoms with E-state index >= 15 is 0 Å². The van der Waals surface area contributed by atoms with Crippen LogP contribution in [0.2, 0.25) is 0 Å². The molecule has 0 atom stereocenters. The zero-order valence-electron chi connectivity index (χ0n) is 17.6. The van der Waals surface area contributed by atoms with Crippen LogP contribution in [0.15, 0.2) is 72.8 Å². The van der Waals surface area contributed by atoms with Gasteiger partial charge in [-0.1, -0.05) is 24.3 Å². The molecule has 0 aliphatic heterocycles. The number of rotatable bonds is 8. The van der Waals surface area contributed by atoms with Crippen LogP contribution < -0.4 is 10.6 Å². The molecule has 0 unspecified atom stereocenters. The average molecular weight is 476 g/mol. The fourth-order valence-corrected chi connectivity index (χ4v) is 2.93. The number of aliphatic carboxylic acids is 2. The molecule has 34 heavy (non-hydrogen) atoms. The Balaban J connectivity index is 2.29. The van der Waals surface area contributed by atoms with Gasteiger partial charge in [-0.15, -0.1) is 0 Å². The van der Waals surface area contributed by atoms with Gasteiger partial charge in [0.15, 0.2) is 0 Å². The molecule has 0 radical (unpaired) electrons. The SMILES string of the molecule is CC(c1ccc(NC(=O)/C=C/C(=O)O)cc1)(c1ccc(NC(=O)/C=C/C(=O)O)cc1)C(F)(F)F. The molecule has 0 fully saturated rings. The molecule has 8 nitrogen and oxygen atoms in total. The van der Waals surface area contributed by atoms with Crippen LogP contribution in [-0.4, -0.2) is 40.1 Å². The molecule has 0 aromatic heterocycles. The zero-order valence-corrected chi connectivity index (χ0v) is 17.6. The van der Waals surface area contributed by atoms with Gasteiger partial charge in [-0.2, -0.15) is 13.2 Å². The molecule has 4 N–H and O–H groups in total. The van der Waals surface area contributed by atoms with Gasteiger partial charge in [-0.3, -0.25) is 9.59 Å². The van der Waals surface area contributed by atoms with Crippen LogP contribution in [0.3, 0.4) is 0 Å². The van der Waals surface area contributed by atoms with E-state index in [9.17, 15) is 32.3 Å². The number of benzene rings is 2. The second-order valence-corrected chi connectivity index (χ2v) is 7.10. The topological polar surface area (TPSA) is 133 Å². The highest BCUT2D eigenvalue weighted by molar-refractivity contribution is 6.03. The van der Waals surface area contributed by atoms with Gasteiger partial charge in [0.05, 0.1) is 0 Å². The van der Waals surface area contributed by atoms with E-state index in [0.717, 1.165) is 19.1 Å². The molecule has 2 aromatic rings. The standard InChI is InChI=1S/C23H19F3N2O6/c1-22(23(24,25)26,14-2-6-16(7-3-14)27-18(29)10-12-20(31)32)15-4-8-17(9-5-15)28-19(30)11-13-21(33)34/h2-13H,1H3,(H,27,29)(H,28,30)(H,31,32)(H,33,34)/b12-10+,13-11+. The van der Waals surface area contributed by atoms with E-state index in [1.807, 2.05) is 0 Å². The normalized spacial score (nSPS) is 12.0. The quantitative estimate of drug-likeness (QED) is 0.430. The summed E-state index contributed by atoms with van der Waals surface area (Å²) in [5.41, 5.74) is -2.35. The molecular formula is C23H19F3N2O6. The fourth-order valence-electron chi connectivity index (χ4n) is 2.93. The predicted molar refractivity (Wildman–Crippen MR) is 116 cm³/mol. The Morgan fingerprint density at radius 1 is 0.676 bits per heavy atom. The molecule has 0 saturated carbocycles. The first-order valence-corrected chi connectivity index (χ1v) is 9.54. The van der Waals surface area contributed by atoms with Gasteiger partial charge < -0.3 is 20.8 Å². The van der Waals surface area contributed by atoms with Crippen LogP contribution in [0.5, 0.6) is 0 Å². The number of amides is 2. The third-order valence-electron chi connectivity index (χ3n) is 4.78. The van der Waals surface area contributed by atoms with Gasteiger partial charge in [-0.05, 0) is 42.3 Å². The summed E-state index contributed by atoms with van der Waals surface area (Å²) in [5, 5.41) is 21.7. The summed E-state index contributed by atoms with van der Waals surface area (Å²) >= 11 is 0. The number of hydrogen-bond acceptors (Lipinski definition) is 4. The molecule has 178 valence electrons. The highest BCUT2D eigenvalue weighted by Crippen LogP contribution is 2.46. The fraction of sp³-hybridized carbons (Fsp3) is 0.130. The minimum Gasteiger partial charge on any atom is -0.478 e. The number of halogens is 3. The van der Waals surface area contributed by atoms with Crippen molar-refractivity contribution in [1.82, 2.24) is 0 Å². The maximum atomic E-state index is 14.2. The first-order valence-electron chi connectivity index (χ1n) is 9.54. The Bertz CT molecular complexity index is 1060. The van der Waals surface area contributed by atoms with E-state index in [-0.39, 0.29) is 22.5 Å². The van der Waals surface area contributed by atoms with Crippen molar-refractivity contribution >= 4 is 35.1 Å². The monoisotopic (exact) mass is 476 g/mol. The molecule has 0 bridgehead atoms. The molecule has 0 aliphatic carbocycles. The first kappa shape index (κ1) is 25.8. The van der Waals surface area contributed by atoms with Crippen LogP contribution in [-0.2, 0) is 24.6 Å². The largest absolute Gasteiger partial charge is 0.478 e. The van der Waals surface area contributed by atoms with Gasteiger partial charge >= 0.3 is 18.1 Å². The Hall–Kier alpha value is -4.41. The molecule has 11 heteroatoms. The summed E-state index contributed by atoms with van der Waals surface area (Å²) in [5.74, 6) is -4.17. The molecule has 0 saturated heterocycles. The van der Waals surface area contributed by atoms with Crippen LogP contribution in [0.1, 0.15) is 18.1 Å². The van der Waals surface area contributed by atoms with E-state index in [4.69, 9.17) is 10.2 Å². The lowest BCUT2D eigenvalue weighted by molar-refractivity contribution is -0.173. The molecular weight excluding hydrogens is 457 g/mol. The van der Waals surface area contributed by atoms with Crippen molar-refractivity contribution in [3.8, 4) is 0 Å². The van der Waals surface area contributed by atoms with Crippen LogP contribution in [0.4, 0.5) is 24.5 Å². The highest BCUT2D eigenvalue weighted by atomic mass is 19.4. The van der Waals surface area contributed by atoms with Gasteiger partial charge in [0.2, 0.25) is 11.8 Å². The third-order valence-corrected chi connectivity index (χ3v) is 4.78. The Morgan fingerprint density at radius 3 is 1.26 bits per heavy atom. The van der Waals surface area contributed by atoms with Crippen molar-refractivity contribution in [1.29, 1.82) is 0 Å². The molecule has 2 amide bonds. The summed E-state index contributed by atoms with van der Waals surface area (Å²) in [6, 6.07) is 9.80. The van der Waals surface area contributed by atoms with Crippen LogP contribution in [0, 0.1) is 0 Å². The second-order valence-electron chi connectivity index (χ2n) is 7.10. The predicted octanol–water partition coefficient (Wildman–Crippen LogP) is 3.71. The molecule has 2 aromatic carbocycles. The van der Waals surface area contributed by atoms with Crippen molar-refractivity contribution in [2.24, 2.45) is 0 Å².